The van der Waals surface area contributed by atoms with Crippen LogP contribution in [-0.4, -0.2) is 76.8 Å². The van der Waals surface area contributed by atoms with Gasteiger partial charge >= 0.3 is 19.9 Å². The summed E-state index contributed by atoms with van der Waals surface area (Å²) in [5, 5.41) is 4.12. The van der Waals surface area contributed by atoms with E-state index in [1.165, 1.54) is 10.8 Å². The van der Waals surface area contributed by atoms with Gasteiger partial charge in [0.1, 0.15) is 19.3 Å². The molecule has 17 heteroatoms. The highest BCUT2D eigenvalue weighted by molar-refractivity contribution is 7.53. The van der Waals surface area contributed by atoms with Crippen molar-refractivity contribution in [1.82, 2.24) is 19.6 Å². The van der Waals surface area contributed by atoms with Gasteiger partial charge in [-0.05, 0) is 47.0 Å². The number of hydrogen-bond donors (Lipinski definition) is 1. The molecule has 2 aromatic rings. The molecular formula is C21H33FN5O10P. The van der Waals surface area contributed by atoms with Crippen LogP contribution in [0.25, 0.3) is 5.65 Å². The van der Waals surface area contributed by atoms with Crippen LogP contribution in [0.2, 0.25) is 0 Å². The van der Waals surface area contributed by atoms with Gasteiger partial charge < -0.3 is 29.4 Å². The molecule has 0 aliphatic heterocycles. The third-order valence-electron chi connectivity index (χ3n) is 4.53. The van der Waals surface area contributed by atoms with E-state index in [-0.39, 0.29) is 12.4 Å². The van der Waals surface area contributed by atoms with Gasteiger partial charge in [0.05, 0.1) is 24.5 Å². The summed E-state index contributed by atoms with van der Waals surface area (Å²) in [6, 6.07) is 0. The summed E-state index contributed by atoms with van der Waals surface area (Å²) >= 11 is 0. The summed E-state index contributed by atoms with van der Waals surface area (Å²) in [5.74, 6) is 0.185. The number of nitrogen functional groups attached to an aromatic ring is 1. The number of anilines is 1. The van der Waals surface area contributed by atoms with E-state index < -0.39 is 64.8 Å². The van der Waals surface area contributed by atoms with Gasteiger partial charge in [-0.1, -0.05) is 0 Å². The second-order valence-electron chi connectivity index (χ2n) is 8.33. The molecule has 0 amide bonds. The van der Waals surface area contributed by atoms with Crippen molar-refractivity contribution in [3.63, 3.8) is 0 Å². The lowest BCUT2D eigenvalue weighted by atomic mass is 10.1. The second-order valence-corrected chi connectivity index (χ2v) is 10.3. The minimum atomic E-state index is -4.18. The van der Waals surface area contributed by atoms with Crippen LogP contribution in [0.4, 0.5) is 19.9 Å². The quantitative estimate of drug-likeness (QED) is 0.177. The molecule has 2 aromatic heterocycles. The number of hydrogen-bond acceptors (Lipinski definition) is 14. The predicted molar refractivity (Wildman–Crippen MR) is 129 cm³/mol. The van der Waals surface area contributed by atoms with Gasteiger partial charge in [0.25, 0.3) is 0 Å². The Kier molecular flexibility index (Phi) is 12.6. The fourth-order valence-corrected chi connectivity index (χ4v) is 3.89. The maximum Gasteiger partial charge on any atom is 0.510 e. The average molecular weight is 565 g/mol. The van der Waals surface area contributed by atoms with E-state index in [1.807, 2.05) is 0 Å². The largest absolute Gasteiger partial charge is 0.510 e. The molecule has 1 atom stereocenters. The third-order valence-corrected chi connectivity index (χ3v) is 6.00. The average Bonchev–Trinajstić information content (AvgIpc) is 3.24. The Labute approximate surface area is 218 Å². The Morgan fingerprint density at radius 3 is 2.21 bits per heavy atom. The van der Waals surface area contributed by atoms with Crippen LogP contribution < -0.4 is 5.73 Å². The van der Waals surface area contributed by atoms with Gasteiger partial charge in [0.15, 0.2) is 5.65 Å². The highest BCUT2D eigenvalue weighted by Gasteiger charge is 2.29. The van der Waals surface area contributed by atoms with Crippen molar-refractivity contribution in [2.75, 3.05) is 32.3 Å². The number of nitrogens with zero attached hydrogens (tertiary/aromatic N) is 4. The lowest BCUT2D eigenvalue weighted by molar-refractivity contribution is -0.0381. The van der Waals surface area contributed by atoms with E-state index in [9.17, 15) is 18.5 Å². The third kappa shape index (κ3) is 10.7. The fraction of sp³-hybridized carbons (Fsp3) is 0.667. The van der Waals surface area contributed by atoms with Gasteiger partial charge in [0.2, 0.25) is 19.5 Å². The maximum atomic E-state index is 13.6. The number of carbonyl (C=O) groups excluding carboxylic acids is 2. The summed E-state index contributed by atoms with van der Waals surface area (Å²) in [7, 11) is -4.18. The van der Waals surface area contributed by atoms with Crippen molar-refractivity contribution in [1.29, 1.82) is 0 Å². The van der Waals surface area contributed by atoms with E-state index >= 15 is 0 Å². The van der Waals surface area contributed by atoms with Crippen molar-refractivity contribution in [2.45, 2.75) is 65.3 Å². The van der Waals surface area contributed by atoms with Crippen molar-refractivity contribution >= 4 is 31.5 Å². The van der Waals surface area contributed by atoms with Crippen molar-refractivity contribution in [3.8, 4) is 0 Å². The monoisotopic (exact) mass is 565 g/mol. The fourth-order valence-electron chi connectivity index (χ4n) is 2.85. The molecule has 0 fully saturated rings. The normalized spacial score (nSPS) is 12.6. The first-order valence-corrected chi connectivity index (χ1v) is 13.4. The predicted octanol–water partition coefficient (Wildman–Crippen LogP) is 3.61. The van der Waals surface area contributed by atoms with Crippen LogP contribution in [0, 0.1) is 0 Å². The Bertz CT molecular complexity index is 1050. The summed E-state index contributed by atoms with van der Waals surface area (Å²) in [6.45, 7) is 3.89. The smallest absolute Gasteiger partial charge is 0.432 e. The molecule has 0 aliphatic carbocycles. The molecule has 2 N–H and O–H groups in total. The molecule has 0 aromatic carbocycles. The van der Waals surface area contributed by atoms with Gasteiger partial charge in [0, 0.05) is 5.56 Å². The lowest BCUT2D eigenvalue weighted by Crippen LogP contribution is -2.20. The first-order chi connectivity index (χ1) is 18.0. The second kappa shape index (κ2) is 15.4. The molecule has 0 bridgehead atoms. The molecule has 0 radical (unpaired) electrons. The highest BCUT2D eigenvalue weighted by Crippen LogP contribution is 2.48. The van der Waals surface area contributed by atoms with E-state index in [0.29, 0.717) is 18.5 Å². The number of rotatable bonds is 16. The van der Waals surface area contributed by atoms with Gasteiger partial charge in [-0.25, -0.2) is 23.9 Å². The molecule has 2 heterocycles. The summed E-state index contributed by atoms with van der Waals surface area (Å²) in [5.41, 5.74) is 7.07. The van der Waals surface area contributed by atoms with Crippen molar-refractivity contribution in [3.05, 3.63) is 18.1 Å². The van der Waals surface area contributed by atoms with Crippen molar-refractivity contribution in [2.24, 2.45) is 0 Å². The van der Waals surface area contributed by atoms with Crippen LogP contribution in [0.1, 0.15) is 46.1 Å². The van der Waals surface area contributed by atoms with Crippen LogP contribution in [0.15, 0.2) is 12.5 Å². The number of aryl methyl sites for hydroxylation is 1. The Morgan fingerprint density at radius 2 is 1.66 bits per heavy atom. The first kappa shape index (κ1) is 31.1. The Morgan fingerprint density at radius 1 is 1.05 bits per heavy atom. The molecule has 1 unspecified atom stereocenters. The molecule has 0 saturated carbocycles. The zero-order valence-electron chi connectivity index (χ0n) is 21.6. The molecule has 2 rings (SSSR count). The zero-order chi connectivity index (χ0) is 28.1. The van der Waals surface area contributed by atoms with E-state index in [4.69, 9.17) is 29.0 Å². The molecular weight excluding hydrogens is 532 g/mol. The Hall–Kier alpha value is -3.07. The molecule has 0 aliphatic rings. The molecule has 214 valence electrons. The van der Waals surface area contributed by atoms with Crippen LogP contribution >= 0.6 is 7.60 Å². The molecule has 0 saturated heterocycles. The minimum Gasteiger partial charge on any atom is -0.432 e. The molecule has 38 heavy (non-hydrogen) atoms. The van der Waals surface area contributed by atoms with Crippen LogP contribution in [-0.2, 0) is 43.7 Å². The van der Waals surface area contributed by atoms with Gasteiger partial charge in [-0.2, -0.15) is 9.61 Å². The SMILES string of the molecule is CC(C)OC(=O)OCOP(=O)(COC(CF)CCCc1cnn2c(N)ncnc12)OCOC(=O)OC(C)C. The number of aromatic nitrogens is 4. The van der Waals surface area contributed by atoms with E-state index in [0.717, 1.165) is 5.56 Å². The number of fused-ring (bicyclic) bond motifs is 1. The number of ether oxygens (including phenoxy) is 5. The maximum absolute atomic E-state index is 13.6. The van der Waals surface area contributed by atoms with Crippen LogP contribution in [0.3, 0.4) is 0 Å². The van der Waals surface area contributed by atoms with Crippen LogP contribution in [0.5, 0.6) is 0 Å². The molecule has 0 spiro atoms. The van der Waals surface area contributed by atoms with E-state index in [2.05, 4.69) is 24.5 Å². The lowest BCUT2D eigenvalue weighted by Gasteiger charge is -2.21. The summed E-state index contributed by atoms with van der Waals surface area (Å²) in [6.07, 6.45) is -0.601. The van der Waals surface area contributed by atoms with Gasteiger partial charge in [-0.15, -0.1) is 0 Å². The topological polar surface area (TPSA) is 185 Å². The highest BCUT2D eigenvalue weighted by atomic mass is 31.2. The van der Waals surface area contributed by atoms with Gasteiger partial charge in [-0.3, -0.25) is 13.6 Å². The summed E-state index contributed by atoms with van der Waals surface area (Å²) in [4.78, 5) is 31.1. The Balaban J connectivity index is 1.90. The number of carbonyl (C=O) groups is 2. The van der Waals surface area contributed by atoms with Crippen molar-refractivity contribution < 1.29 is 51.3 Å². The zero-order valence-corrected chi connectivity index (χ0v) is 22.5. The number of nitrogens with two attached hydrogens (primary N) is 1. The summed E-state index contributed by atoms with van der Waals surface area (Å²) < 4.78 is 62.6. The minimum absolute atomic E-state index is 0.185. The standard InChI is InChI=1S/C21H33FN5O10P/c1-14(2)36-20(28)31-11-34-38(30,35-12-32-21(29)37-15(3)4)13-33-17(8-22)7-5-6-16-9-26-27-18(16)24-10-25-19(27)23/h9-10,14-15,17H,5-8,11-13H2,1-4H3,(H2,23,24,25). The molecule has 15 nitrogen and oxygen atoms in total. The number of alkyl halides is 1. The first-order valence-electron chi connectivity index (χ1n) is 11.7. The number of halogens is 1. The van der Waals surface area contributed by atoms with E-state index in [1.54, 1.807) is 33.9 Å².